The van der Waals surface area contributed by atoms with Gasteiger partial charge in [0.15, 0.2) is 17.3 Å². The van der Waals surface area contributed by atoms with Gasteiger partial charge in [-0.15, -0.1) is 0 Å². The maximum Gasteiger partial charge on any atom is 0.237 e. The largest absolute Gasteiger partial charge is 0.503 e. The van der Waals surface area contributed by atoms with E-state index in [0.29, 0.717) is 30.9 Å². The predicted octanol–water partition coefficient (Wildman–Crippen LogP) is 4.21. The molecular weight excluding hydrogens is 504 g/mol. The number of methoxy groups -OCH3 is 1. The number of hydrogen-bond acceptors (Lipinski definition) is 7. The highest BCUT2D eigenvalue weighted by Gasteiger charge is 2.47. The Hall–Kier alpha value is -3.36. The van der Waals surface area contributed by atoms with Gasteiger partial charge in [-0.25, -0.2) is 0 Å². The van der Waals surface area contributed by atoms with Gasteiger partial charge in [0.2, 0.25) is 5.91 Å². The molecule has 198 valence electrons. The first-order chi connectivity index (χ1) is 18.2. The second-order valence-corrected chi connectivity index (χ2v) is 11.3. The number of carbonyl (C=O) groups is 2. The second-order valence-electron chi connectivity index (χ2n) is 10.9. The molecule has 0 radical (unpaired) electrons. The Bertz CT molecular complexity index is 1450. The number of amides is 1. The first-order valence-electron chi connectivity index (χ1n) is 13.0. The van der Waals surface area contributed by atoms with Gasteiger partial charge in [0.1, 0.15) is 0 Å². The molecule has 0 spiro atoms. The Labute approximate surface area is 226 Å². The van der Waals surface area contributed by atoms with E-state index in [1.165, 1.54) is 7.11 Å². The number of aromatic nitrogens is 1. The highest BCUT2D eigenvalue weighted by Crippen LogP contribution is 2.44. The highest BCUT2D eigenvalue weighted by atomic mass is 35.5. The average molecular weight is 535 g/mol. The molecule has 3 aromatic rings. The molecule has 3 aliphatic rings. The third-order valence-electron chi connectivity index (χ3n) is 7.93. The predicted molar refractivity (Wildman–Crippen MR) is 147 cm³/mol. The SMILES string of the molecule is COc1cc(-c2ccc3ncc(C(=O)C4CC4)c(N4CC5C[C@H]4CN5C(=O)CN(C)C)c3c2)cc(Cl)c1O. The van der Waals surface area contributed by atoms with Crippen molar-refractivity contribution in [1.29, 1.82) is 0 Å². The summed E-state index contributed by atoms with van der Waals surface area (Å²) < 4.78 is 5.32. The number of phenolic OH excluding ortho intramolecular Hbond substituents is 1. The molecule has 1 saturated carbocycles. The minimum absolute atomic E-state index is 0.0642. The van der Waals surface area contributed by atoms with E-state index >= 15 is 0 Å². The summed E-state index contributed by atoms with van der Waals surface area (Å²) in [4.78, 5) is 37.2. The fourth-order valence-electron chi connectivity index (χ4n) is 5.92. The molecule has 9 heteroatoms. The lowest BCUT2D eigenvalue weighted by atomic mass is 9.97. The molecule has 1 N–H and O–H groups in total. The summed E-state index contributed by atoms with van der Waals surface area (Å²) in [5.41, 5.74) is 4.05. The lowest BCUT2D eigenvalue weighted by Gasteiger charge is -2.37. The van der Waals surface area contributed by atoms with Crippen LogP contribution in [0.25, 0.3) is 22.0 Å². The number of piperazine rings is 1. The molecule has 3 heterocycles. The number of likely N-dealkylation sites (N-methyl/N-ethyl adjacent to an activating group) is 1. The van der Waals surface area contributed by atoms with E-state index in [4.69, 9.17) is 16.3 Å². The second kappa shape index (κ2) is 9.43. The number of ether oxygens (including phenoxy) is 1. The number of aromatic hydroxyl groups is 1. The van der Waals surface area contributed by atoms with Crippen molar-refractivity contribution >= 4 is 39.9 Å². The van der Waals surface area contributed by atoms with E-state index in [1.54, 1.807) is 18.3 Å². The minimum atomic E-state index is -0.0974. The number of hydrogen-bond donors (Lipinski definition) is 1. The Balaban J connectivity index is 1.44. The van der Waals surface area contributed by atoms with Gasteiger partial charge in [-0.2, -0.15) is 0 Å². The van der Waals surface area contributed by atoms with Crippen molar-refractivity contribution in [3.63, 3.8) is 0 Å². The van der Waals surface area contributed by atoms with Crippen LogP contribution in [0.1, 0.15) is 29.6 Å². The van der Waals surface area contributed by atoms with E-state index in [-0.39, 0.29) is 40.5 Å². The lowest BCUT2D eigenvalue weighted by Crippen LogP contribution is -2.51. The van der Waals surface area contributed by atoms with Crippen molar-refractivity contribution in [1.82, 2.24) is 14.8 Å². The molecule has 2 bridgehead atoms. The van der Waals surface area contributed by atoms with Crippen molar-refractivity contribution in [2.24, 2.45) is 5.92 Å². The normalized spacial score (nSPS) is 20.6. The van der Waals surface area contributed by atoms with E-state index in [2.05, 4.69) is 9.88 Å². The van der Waals surface area contributed by atoms with Gasteiger partial charge in [0, 0.05) is 36.6 Å². The number of nitrogens with zero attached hydrogens (tertiary/aromatic N) is 4. The van der Waals surface area contributed by atoms with Crippen molar-refractivity contribution in [3.05, 3.63) is 47.1 Å². The van der Waals surface area contributed by atoms with E-state index < -0.39 is 0 Å². The molecule has 1 aromatic heterocycles. The summed E-state index contributed by atoms with van der Waals surface area (Å²) in [5, 5.41) is 11.3. The van der Waals surface area contributed by atoms with Crippen molar-refractivity contribution in [3.8, 4) is 22.6 Å². The van der Waals surface area contributed by atoms with Gasteiger partial charge < -0.3 is 24.5 Å². The van der Waals surface area contributed by atoms with Gasteiger partial charge >= 0.3 is 0 Å². The molecular formula is C29H31ClN4O4. The van der Waals surface area contributed by atoms with Crippen LogP contribution >= 0.6 is 11.6 Å². The average Bonchev–Trinajstić information content (AvgIpc) is 3.56. The molecule has 3 fully saturated rings. The van der Waals surface area contributed by atoms with Gasteiger partial charge in [-0.1, -0.05) is 17.7 Å². The first kappa shape index (κ1) is 24.9. The number of Topliss-reactive ketones (excluding diaryl/α,β-unsaturated/α-hetero) is 1. The molecule has 1 aliphatic carbocycles. The van der Waals surface area contributed by atoms with E-state index in [9.17, 15) is 14.7 Å². The van der Waals surface area contributed by atoms with Crippen LogP contribution in [-0.2, 0) is 4.79 Å². The minimum Gasteiger partial charge on any atom is -0.503 e. The number of phenols is 1. The van der Waals surface area contributed by atoms with Crippen LogP contribution in [0.5, 0.6) is 11.5 Å². The Morgan fingerprint density at radius 2 is 1.92 bits per heavy atom. The summed E-state index contributed by atoms with van der Waals surface area (Å²) in [6.45, 7) is 1.74. The lowest BCUT2D eigenvalue weighted by molar-refractivity contribution is -0.132. The zero-order chi connectivity index (χ0) is 26.7. The van der Waals surface area contributed by atoms with Crippen LogP contribution in [0.15, 0.2) is 36.5 Å². The quantitative estimate of drug-likeness (QED) is 0.454. The van der Waals surface area contributed by atoms with Crippen molar-refractivity contribution < 1.29 is 19.4 Å². The van der Waals surface area contributed by atoms with E-state index in [0.717, 1.165) is 47.0 Å². The number of pyridine rings is 1. The van der Waals surface area contributed by atoms with Gasteiger partial charge in [-0.3, -0.25) is 14.6 Å². The van der Waals surface area contributed by atoms with Crippen LogP contribution < -0.4 is 9.64 Å². The Morgan fingerprint density at radius 3 is 2.58 bits per heavy atom. The molecule has 2 aliphatic heterocycles. The third kappa shape index (κ3) is 4.25. The van der Waals surface area contributed by atoms with Gasteiger partial charge in [0.25, 0.3) is 0 Å². The van der Waals surface area contributed by atoms with Crippen molar-refractivity contribution in [2.75, 3.05) is 45.7 Å². The first-order valence-corrected chi connectivity index (χ1v) is 13.4. The van der Waals surface area contributed by atoms with Gasteiger partial charge in [-0.05, 0) is 68.8 Å². The summed E-state index contributed by atoms with van der Waals surface area (Å²) in [6.07, 6.45) is 4.46. The van der Waals surface area contributed by atoms with Crippen LogP contribution in [0, 0.1) is 5.92 Å². The summed E-state index contributed by atoms with van der Waals surface area (Å²) in [7, 11) is 5.31. The Morgan fingerprint density at radius 1 is 1.13 bits per heavy atom. The van der Waals surface area contributed by atoms with Crippen LogP contribution in [0.3, 0.4) is 0 Å². The molecule has 2 atom stereocenters. The number of benzene rings is 2. The summed E-state index contributed by atoms with van der Waals surface area (Å²) >= 11 is 6.29. The molecule has 2 saturated heterocycles. The molecule has 1 unspecified atom stereocenters. The molecule has 8 nitrogen and oxygen atoms in total. The van der Waals surface area contributed by atoms with Gasteiger partial charge in [0.05, 0.1) is 41.5 Å². The number of anilines is 1. The number of ketones is 1. The van der Waals surface area contributed by atoms with Crippen LogP contribution in [0.4, 0.5) is 5.69 Å². The fraction of sp³-hybridized carbons (Fsp3) is 0.414. The molecule has 6 rings (SSSR count). The number of rotatable bonds is 7. The monoisotopic (exact) mass is 534 g/mol. The topological polar surface area (TPSA) is 86.2 Å². The Kier molecular flexibility index (Phi) is 6.19. The summed E-state index contributed by atoms with van der Waals surface area (Å²) in [5.74, 6) is 0.561. The fourth-order valence-corrected chi connectivity index (χ4v) is 6.13. The number of halogens is 1. The van der Waals surface area contributed by atoms with Crippen LogP contribution in [0.2, 0.25) is 5.02 Å². The van der Waals surface area contributed by atoms with E-state index in [1.807, 2.05) is 42.1 Å². The standard InChI is InChI=1S/C29H31ClN4O4/c1-32(2)15-26(35)33-13-20-11-19(33)14-34(20)27-21-8-17(18-9-23(30)29(37)25(10-18)38-3)6-7-24(21)31-12-22(27)28(36)16-4-5-16/h6-10,12,16,19-20,37H,4-5,11,13-15H2,1-3H3/t19?,20-/m0/s1. The zero-order valence-corrected chi connectivity index (χ0v) is 22.5. The maximum absolute atomic E-state index is 13.5. The third-order valence-corrected chi connectivity index (χ3v) is 8.22. The van der Waals surface area contributed by atoms with Crippen molar-refractivity contribution in [2.45, 2.75) is 31.3 Å². The summed E-state index contributed by atoms with van der Waals surface area (Å²) in [6, 6.07) is 9.69. The zero-order valence-electron chi connectivity index (χ0n) is 21.8. The molecule has 1 amide bonds. The molecule has 38 heavy (non-hydrogen) atoms. The van der Waals surface area contributed by atoms with Crippen LogP contribution in [-0.4, -0.2) is 84.5 Å². The smallest absolute Gasteiger partial charge is 0.237 e. The number of likely N-dealkylation sites (tertiary alicyclic amines) is 1. The number of carbonyl (C=O) groups excluding carboxylic acids is 2. The maximum atomic E-state index is 13.5. The number of fused-ring (bicyclic) bond motifs is 3. The highest BCUT2D eigenvalue weighted by molar-refractivity contribution is 6.32. The molecule has 2 aromatic carbocycles.